The number of benzene rings is 1. The Morgan fingerprint density at radius 3 is 2.23 bits per heavy atom. The van der Waals surface area contributed by atoms with Crippen molar-refractivity contribution in [1.82, 2.24) is 4.90 Å². The summed E-state index contributed by atoms with van der Waals surface area (Å²) in [5, 5.41) is 0. The molecule has 0 fully saturated rings. The fraction of sp³-hybridized carbons (Fsp3) is 0.538. The molecule has 0 heterocycles. The second kappa shape index (κ2) is 15.5. The van der Waals surface area contributed by atoms with Gasteiger partial charge in [-0.2, -0.15) is 0 Å². The lowest BCUT2D eigenvalue weighted by Crippen LogP contribution is -2.20. The van der Waals surface area contributed by atoms with Crippen LogP contribution in [0.2, 0.25) is 0 Å². The fourth-order valence-corrected chi connectivity index (χ4v) is 3.25. The van der Waals surface area contributed by atoms with Gasteiger partial charge < -0.3 is 9.64 Å². The molecule has 1 unspecified atom stereocenters. The Kier molecular flexibility index (Phi) is 13.2. The first-order valence-electron chi connectivity index (χ1n) is 11.5. The smallest absolute Gasteiger partial charge is 0.342 e. The standard InChI is InChI=1S/C26H39NO3/c1-5-9-14-22(8-4)21-30-26(29)24(25(28)23-15-11-10-12-16-23)17-13-20-27(18-6-2)19-7-3/h10-13,15-17,20,22H,5-9,14,18-19,21H2,1-4H3/b20-13+,24-17+. The first-order chi connectivity index (χ1) is 14.6. The minimum absolute atomic E-state index is 0.0794. The van der Waals surface area contributed by atoms with Crippen LogP contribution in [0.15, 0.2) is 54.3 Å². The molecule has 0 spiro atoms. The Morgan fingerprint density at radius 2 is 1.67 bits per heavy atom. The molecule has 1 atom stereocenters. The van der Waals surface area contributed by atoms with Crippen LogP contribution < -0.4 is 0 Å². The third kappa shape index (κ3) is 9.43. The third-order valence-corrected chi connectivity index (χ3v) is 5.08. The quantitative estimate of drug-likeness (QED) is 0.0859. The van der Waals surface area contributed by atoms with Crippen LogP contribution in [0.5, 0.6) is 0 Å². The highest BCUT2D eigenvalue weighted by atomic mass is 16.5. The topological polar surface area (TPSA) is 46.6 Å². The molecule has 4 heteroatoms. The number of hydrogen-bond acceptors (Lipinski definition) is 4. The molecule has 0 aliphatic heterocycles. The Bertz CT molecular complexity index is 673. The van der Waals surface area contributed by atoms with Gasteiger partial charge in [0.25, 0.3) is 0 Å². The Balaban J connectivity index is 2.99. The van der Waals surface area contributed by atoms with Crippen molar-refractivity contribution in [3.05, 3.63) is 59.8 Å². The van der Waals surface area contributed by atoms with Gasteiger partial charge in [0.2, 0.25) is 0 Å². The first-order valence-corrected chi connectivity index (χ1v) is 11.5. The number of ketones is 1. The molecule has 0 N–H and O–H groups in total. The van der Waals surface area contributed by atoms with Crippen molar-refractivity contribution in [2.75, 3.05) is 19.7 Å². The zero-order valence-electron chi connectivity index (χ0n) is 19.2. The summed E-state index contributed by atoms with van der Waals surface area (Å²) in [5.41, 5.74) is 0.571. The molecular weight excluding hydrogens is 374 g/mol. The number of nitrogens with zero attached hydrogens (tertiary/aromatic N) is 1. The van der Waals surface area contributed by atoms with E-state index in [1.807, 2.05) is 12.3 Å². The molecule has 0 saturated carbocycles. The van der Waals surface area contributed by atoms with Crippen LogP contribution >= 0.6 is 0 Å². The maximum atomic E-state index is 13.0. The van der Waals surface area contributed by atoms with E-state index in [-0.39, 0.29) is 11.4 Å². The van der Waals surface area contributed by atoms with Gasteiger partial charge in [0.15, 0.2) is 5.78 Å². The number of ether oxygens (including phenoxy) is 1. The van der Waals surface area contributed by atoms with E-state index in [1.54, 1.807) is 36.4 Å². The van der Waals surface area contributed by atoms with Crippen LogP contribution in [-0.2, 0) is 9.53 Å². The molecule has 0 aromatic heterocycles. The summed E-state index contributed by atoms with van der Waals surface area (Å²) in [6.07, 6.45) is 11.7. The van der Waals surface area contributed by atoms with Gasteiger partial charge in [0.05, 0.1) is 6.61 Å². The predicted octanol–water partition coefficient (Wildman–Crippen LogP) is 6.19. The molecule has 4 nitrogen and oxygen atoms in total. The van der Waals surface area contributed by atoms with Crippen molar-refractivity contribution in [1.29, 1.82) is 0 Å². The first kappa shape index (κ1) is 25.7. The van der Waals surface area contributed by atoms with Crippen molar-refractivity contribution in [2.45, 2.75) is 66.2 Å². The Labute approximate surface area is 183 Å². The lowest BCUT2D eigenvalue weighted by molar-refractivity contribution is -0.140. The molecule has 1 aromatic carbocycles. The number of carbonyl (C=O) groups excluding carboxylic acids is 2. The van der Waals surface area contributed by atoms with Crippen molar-refractivity contribution in [3.63, 3.8) is 0 Å². The summed E-state index contributed by atoms with van der Waals surface area (Å²) < 4.78 is 5.57. The van der Waals surface area contributed by atoms with Gasteiger partial charge in [-0.25, -0.2) is 4.79 Å². The van der Waals surface area contributed by atoms with Crippen molar-refractivity contribution in [3.8, 4) is 0 Å². The van der Waals surface area contributed by atoms with Crippen LogP contribution in [0, 0.1) is 5.92 Å². The fourth-order valence-electron chi connectivity index (χ4n) is 3.25. The molecule has 0 amide bonds. The number of unbranched alkanes of at least 4 members (excludes halogenated alkanes) is 1. The van der Waals surface area contributed by atoms with Crippen LogP contribution in [-0.4, -0.2) is 36.3 Å². The number of Topliss-reactive ketones (excluding diaryl/α,β-unsaturated/α-hetero) is 1. The molecule has 0 aliphatic rings. The number of rotatable bonds is 15. The van der Waals surface area contributed by atoms with Gasteiger partial charge >= 0.3 is 5.97 Å². The van der Waals surface area contributed by atoms with E-state index in [0.717, 1.165) is 51.6 Å². The van der Waals surface area contributed by atoms with Gasteiger partial charge in [0, 0.05) is 18.7 Å². The average Bonchev–Trinajstić information content (AvgIpc) is 2.77. The largest absolute Gasteiger partial charge is 0.462 e. The molecule has 166 valence electrons. The zero-order chi connectivity index (χ0) is 22.2. The minimum Gasteiger partial charge on any atom is -0.462 e. The maximum Gasteiger partial charge on any atom is 0.342 e. The lowest BCUT2D eigenvalue weighted by Gasteiger charge is -2.18. The molecule has 0 radical (unpaired) electrons. The van der Waals surface area contributed by atoms with E-state index in [9.17, 15) is 9.59 Å². The summed E-state index contributed by atoms with van der Waals surface area (Å²) >= 11 is 0. The van der Waals surface area contributed by atoms with Crippen LogP contribution in [0.3, 0.4) is 0 Å². The summed E-state index contributed by atoms with van der Waals surface area (Å²) in [6.45, 7) is 10.8. The van der Waals surface area contributed by atoms with E-state index < -0.39 is 5.97 Å². The predicted molar refractivity (Wildman–Crippen MR) is 124 cm³/mol. The monoisotopic (exact) mass is 413 g/mol. The average molecular weight is 414 g/mol. The highest BCUT2D eigenvalue weighted by Crippen LogP contribution is 2.16. The highest BCUT2D eigenvalue weighted by Gasteiger charge is 2.21. The zero-order valence-corrected chi connectivity index (χ0v) is 19.2. The van der Waals surface area contributed by atoms with Gasteiger partial charge in [-0.05, 0) is 43.5 Å². The summed E-state index contributed by atoms with van der Waals surface area (Å²) in [4.78, 5) is 28.0. The number of hydrogen-bond donors (Lipinski definition) is 0. The van der Waals surface area contributed by atoms with Gasteiger partial charge in [-0.15, -0.1) is 0 Å². The number of carbonyl (C=O) groups is 2. The van der Waals surface area contributed by atoms with Crippen LogP contribution in [0.1, 0.15) is 76.6 Å². The SMILES string of the molecule is CCCCC(CC)COC(=O)/C(=C/C=C/N(CCC)CCC)C(=O)c1ccccc1. The number of esters is 1. The molecule has 1 rings (SSSR count). The Hall–Kier alpha value is -2.36. The van der Waals surface area contributed by atoms with E-state index in [4.69, 9.17) is 4.74 Å². The summed E-state index contributed by atoms with van der Waals surface area (Å²) in [5.74, 6) is -0.507. The van der Waals surface area contributed by atoms with Gasteiger partial charge in [-0.3, -0.25) is 4.79 Å². The lowest BCUT2D eigenvalue weighted by atomic mass is 10.00. The summed E-state index contributed by atoms with van der Waals surface area (Å²) in [7, 11) is 0. The second-order valence-electron chi connectivity index (χ2n) is 7.67. The van der Waals surface area contributed by atoms with Crippen molar-refractivity contribution < 1.29 is 14.3 Å². The molecule has 1 aromatic rings. The second-order valence-corrected chi connectivity index (χ2v) is 7.67. The van der Waals surface area contributed by atoms with Crippen molar-refractivity contribution in [2.24, 2.45) is 5.92 Å². The normalized spacial score (nSPS) is 12.7. The Morgan fingerprint density at radius 1 is 1.00 bits per heavy atom. The third-order valence-electron chi connectivity index (χ3n) is 5.08. The molecule has 30 heavy (non-hydrogen) atoms. The van der Waals surface area contributed by atoms with E-state index >= 15 is 0 Å². The van der Waals surface area contributed by atoms with E-state index in [2.05, 4.69) is 32.6 Å². The highest BCUT2D eigenvalue weighted by molar-refractivity contribution is 6.24. The summed E-state index contributed by atoms with van der Waals surface area (Å²) in [6, 6.07) is 8.90. The van der Waals surface area contributed by atoms with Gasteiger partial charge in [0.1, 0.15) is 5.57 Å². The number of allylic oxidation sites excluding steroid dienone is 2. The van der Waals surface area contributed by atoms with Crippen molar-refractivity contribution >= 4 is 11.8 Å². The molecular formula is C26H39NO3. The van der Waals surface area contributed by atoms with E-state index in [0.29, 0.717) is 18.1 Å². The molecule has 0 aliphatic carbocycles. The van der Waals surface area contributed by atoms with Gasteiger partial charge in [-0.1, -0.05) is 77.3 Å². The van der Waals surface area contributed by atoms with Crippen LogP contribution in [0.25, 0.3) is 0 Å². The van der Waals surface area contributed by atoms with Crippen LogP contribution in [0.4, 0.5) is 0 Å². The molecule has 0 bridgehead atoms. The minimum atomic E-state index is -0.541. The van der Waals surface area contributed by atoms with E-state index in [1.165, 1.54) is 0 Å². The molecule has 0 saturated heterocycles. The maximum absolute atomic E-state index is 13.0.